The number of rotatable bonds is 4. The molecule has 0 spiro atoms. The molecule has 4 nitrogen and oxygen atoms in total. The van der Waals surface area contributed by atoms with Crippen molar-refractivity contribution >= 4 is 0 Å². The molecule has 0 unspecified atom stereocenters. The fraction of sp³-hybridized carbons (Fsp3) is 0.625. The lowest BCUT2D eigenvalue weighted by Gasteiger charge is -2.13. The molecule has 68 valence electrons. The van der Waals surface area contributed by atoms with Crippen LogP contribution in [0.1, 0.15) is 11.3 Å². The van der Waals surface area contributed by atoms with Crippen molar-refractivity contribution in [3.8, 4) is 0 Å². The lowest BCUT2D eigenvalue weighted by molar-refractivity contribution is 0.217. The lowest BCUT2D eigenvalue weighted by atomic mass is 10.2. The summed E-state index contributed by atoms with van der Waals surface area (Å²) in [5.41, 5.74) is 2.28. The van der Waals surface area contributed by atoms with Crippen LogP contribution in [0.2, 0.25) is 0 Å². The van der Waals surface area contributed by atoms with Gasteiger partial charge in [0, 0.05) is 24.3 Å². The van der Waals surface area contributed by atoms with Crippen LogP contribution < -0.4 is 0 Å². The highest BCUT2D eigenvalue weighted by Crippen LogP contribution is 2.04. The van der Waals surface area contributed by atoms with Gasteiger partial charge in [0.25, 0.3) is 0 Å². The normalized spacial score (nSPS) is 11.0. The number of hydrogen-bond donors (Lipinski definition) is 2. The summed E-state index contributed by atoms with van der Waals surface area (Å²) >= 11 is 0. The third-order valence-electron chi connectivity index (χ3n) is 1.86. The molecular formula is C8H15N3O. The van der Waals surface area contributed by atoms with E-state index >= 15 is 0 Å². The predicted molar refractivity (Wildman–Crippen MR) is 46.7 cm³/mol. The summed E-state index contributed by atoms with van der Waals surface area (Å²) in [6, 6.07) is 0. The van der Waals surface area contributed by atoms with Crippen LogP contribution in [-0.4, -0.2) is 40.4 Å². The number of aromatic nitrogens is 2. The molecule has 0 radical (unpaired) electrons. The predicted octanol–water partition coefficient (Wildman–Crippen LogP) is 0.142. The molecule has 1 aromatic heterocycles. The Morgan fingerprint density at radius 3 is 2.92 bits per heavy atom. The molecule has 0 bridgehead atoms. The molecule has 0 aromatic carbocycles. The summed E-state index contributed by atoms with van der Waals surface area (Å²) in [4.78, 5) is 2.05. The van der Waals surface area contributed by atoms with Crippen LogP contribution in [0, 0.1) is 6.92 Å². The van der Waals surface area contributed by atoms with Gasteiger partial charge in [-0.25, -0.2) is 0 Å². The van der Waals surface area contributed by atoms with E-state index in [-0.39, 0.29) is 6.61 Å². The summed E-state index contributed by atoms with van der Waals surface area (Å²) < 4.78 is 0. The zero-order valence-corrected chi connectivity index (χ0v) is 7.54. The van der Waals surface area contributed by atoms with Crippen molar-refractivity contribution in [1.82, 2.24) is 15.1 Å². The first-order chi connectivity index (χ1) is 5.74. The standard InChI is InChI=1S/C8H15N3O/c1-7-8(5-9-10-7)6-11(2)3-4-12/h5,12H,3-4,6H2,1-2H3,(H,9,10). The highest BCUT2D eigenvalue weighted by atomic mass is 16.3. The number of aliphatic hydroxyl groups is 1. The summed E-state index contributed by atoms with van der Waals surface area (Å²) in [5, 5.41) is 15.5. The Balaban J connectivity index is 2.46. The van der Waals surface area contributed by atoms with Crippen LogP contribution in [-0.2, 0) is 6.54 Å². The van der Waals surface area contributed by atoms with Gasteiger partial charge in [0.05, 0.1) is 12.8 Å². The monoisotopic (exact) mass is 169 g/mol. The fourth-order valence-corrected chi connectivity index (χ4v) is 1.08. The van der Waals surface area contributed by atoms with E-state index in [2.05, 4.69) is 15.1 Å². The van der Waals surface area contributed by atoms with Gasteiger partial charge in [-0.15, -0.1) is 0 Å². The quantitative estimate of drug-likeness (QED) is 0.674. The summed E-state index contributed by atoms with van der Waals surface area (Å²) in [5.74, 6) is 0. The van der Waals surface area contributed by atoms with Gasteiger partial charge in [0.15, 0.2) is 0 Å². The van der Waals surface area contributed by atoms with E-state index in [0.717, 1.165) is 12.2 Å². The summed E-state index contributed by atoms with van der Waals surface area (Å²) in [7, 11) is 1.97. The summed E-state index contributed by atoms with van der Waals surface area (Å²) in [6.45, 7) is 3.73. The molecule has 2 N–H and O–H groups in total. The van der Waals surface area contributed by atoms with Crippen molar-refractivity contribution in [2.45, 2.75) is 13.5 Å². The number of hydrogen-bond acceptors (Lipinski definition) is 3. The lowest BCUT2D eigenvalue weighted by Crippen LogP contribution is -2.21. The molecule has 0 aliphatic carbocycles. The van der Waals surface area contributed by atoms with Crippen molar-refractivity contribution in [2.75, 3.05) is 20.2 Å². The molecule has 1 heterocycles. The van der Waals surface area contributed by atoms with Crippen LogP contribution in [0.5, 0.6) is 0 Å². The van der Waals surface area contributed by atoms with Gasteiger partial charge in [0.2, 0.25) is 0 Å². The van der Waals surface area contributed by atoms with Crippen LogP contribution in [0.15, 0.2) is 6.20 Å². The van der Waals surface area contributed by atoms with E-state index in [1.165, 1.54) is 5.56 Å². The first-order valence-electron chi connectivity index (χ1n) is 4.02. The largest absolute Gasteiger partial charge is 0.395 e. The van der Waals surface area contributed by atoms with E-state index in [1.807, 2.05) is 20.2 Å². The minimum atomic E-state index is 0.202. The molecular weight excluding hydrogens is 154 g/mol. The zero-order chi connectivity index (χ0) is 8.97. The van der Waals surface area contributed by atoms with Crippen molar-refractivity contribution in [3.63, 3.8) is 0 Å². The Bertz CT molecular complexity index is 234. The van der Waals surface area contributed by atoms with E-state index in [4.69, 9.17) is 5.11 Å². The van der Waals surface area contributed by atoms with Gasteiger partial charge in [0.1, 0.15) is 0 Å². The number of aliphatic hydroxyl groups excluding tert-OH is 1. The molecule has 0 atom stereocenters. The highest BCUT2D eigenvalue weighted by molar-refractivity contribution is 5.13. The Morgan fingerprint density at radius 1 is 1.67 bits per heavy atom. The molecule has 0 fully saturated rings. The maximum absolute atomic E-state index is 8.67. The number of aryl methyl sites for hydroxylation is 1. The molecule has 0 amide bonds. The van der Waals surface area contributed by atoms with E-state index in [1.54, 1.807) is 0 Å². The average Bonchev–Trinajstić information content (AvgIpc) is 2.37. The highest BCUT2D eigenvalue weighted by Gasteiger charge is 2.03. The fourth-order valence-electron chi connectivity index (χ4n) is 1.08. The Kier molecular flexibility index (Phi) is 3.25. The zero-order valence-electron chi connectivity index (χ0n) is 7.54. The molecule has 1 rings (SSSR count). The number of aromatic amines is 1. The SMILES string of the molecule is Cc1[nH]ncc1CN(C)CCO. The van der Waals surface area contributed by atoms with Crippen LogP contribution >= 0.6 is 0 Å². The number of nitrogens with one attached hydrogen (secondary N) is 1. The minimum absolute atomic E-state index is 0.202. The molecule has 4 heteroatoms. The maximum Gasteiger partial charge on any atom is 0.0558 e. The number of H-pyrrole nitrogens is 1. The second kappa shape index (κ2) is 4.23. The van der Waals surface area contributed by atoms with Gasteiger partial charge >= 0.3 is 0 Å². The maximum atomic E-state index is 8.67. The Hall–Kier alpha value is -0.870. The molecule has 1 aromatic rings. The van der Waals surface area contributed by atoms with Crippen molar-refractivity contribution < 1.29 is 5.11 Å². The third-order valence-corrected chi connectivity index (χ3v) is 1.86. The Labute approximate surface area is 72.2 Å². The van der Waals surface area contributed by atoms with Crippen LogP contribution in [0.4, 0.5) is 0 Å². The van der Waals surface area contributed by atoms with Crippen LogP contribution in [0.3, 0.4) is 0 Å². The first kappa shape index (κ1) is 9.22. The van der Waals surface area contributed by atoms with Crippen molar-refractivity contribution in [2.24, 2.45) is 0 Å². The number of nitrogens with zero attached hydrogens (tertiary/aromatic N) is 2. The minimum Gasteiger partial charge on any atom is -0.395 e. The number of likely N-dealkylation sites (N-methyl/N-ethyl adjacent to an activating group) is 1. The first-order valence-corrected chi connectivity index (χ1v) is 4.02. The van der Waals surface area contributed by atoms with Crippen molar-refractivity contribution in [1.29, 1.82) is 0 Å². The van der Waals surface area contributed by atoms with E-state index in [0.29, 0.717) is 6.54 Å². The topological polar surface area (TPSA) is 52.2 Å². The van der Waals surface area contributed by atoms with Crippen LogP contribution in [0.25, 0.3) is 0 Å². The van der Waals surface area contributed by atoms with E-state index in [9.17, 15) is 0 Å². The molecule has 0 aliphatic rings. The second-order valence-electron chi connectivity index (χ2n) is 2.98. The van der Waals surface area contributed by atoms with Gasteiger partial charge in [-0.1, -0.05) is 0 Å². The van der Waals surface area contributed by atoms with Gasteiger partial charge in [-0.3, -0.25) is 10.00 Å². The molecule has 0 saturated heterocycles. The summed E-state index contributed by atoms with van der Waals surface area (Å²) in [6.07, 6.45) is 1.82. The van der Waals surface area contributed by atoms with Gasteiger partial charge in [-0.05, 0) is 14.0 Å². The molecule has 0 aliphatic heterocycles. The van der Waals surface area contributed by atoms with E-state index < -0.39 is 0 Å². The van der Waals surface area contributed by atoms with Gasteiger partial charge < -0.3 is 5.11 Å². The average molecular weight is 169 g/mol. The molecule has 0 saturated carbocycles. The Morgan fingerprint density at radius 2 is 2.42 bits per heavy atom. The smallest absolute Gasteiger partial charge is 0.0558 e. The van der Waals surface area contributed by atoms with Crippen molar-refractivity contribution in [3.05, 3.63) is 17.5 Å². The third kappa shape index (κ3) is 2.32. The molecule has 12 heavy (non-hydrogen) atoms. The van der Waals surface area contributed by atoms with Gasteiger partial charge in [-0.2, -0.15) is 5.10 Å². The second-order valence-corrected chi connectivity index (χ2v) is 2.98.